The van der Waals surface area contributed by atoms with E-state index in [0.717, 1.165) is 11.3 Å². The van der Waals surface area contributed by atoms with E-state index in [1.807, 2.05) is 24.3 Å². The van der Waals surface area contributed by atoms with Gasteiger partial charge in [-0.1, -0.05) is 12.1 Å². The molecule has 134 valence electrons. The number of nitrogens with one attached hydrogen (secondary N) is 1. The Morgan fingerprint density at radius 2 is 1.96 bits per heavy atom. The Morgan fingerprint density at radius 3 is 2.60 bits per heavy atom. The molecule has 0 radical (unpaired) electrons. The lowest BCUT2D eigenvalue weighted by atomic mass is 10.1. The van der Waals surface area contributed by atoms with Gasteiger partial charge in [-0.3, -0.25) is 4.79 Å². The average Bonchev–Trinajstić information content (AvgIpc) is 3.04. The van der Waals surface area contributed by atoms with E-state index in [1.165, 1.54) is 0 Å². The topological polar surface area (TPSA) is 99.9 Å². The molecule has 0 atom stereocenters. The summed E-state index contributed by atoms with van der Waals surface area (Å²) in [6.45, 7) is 1.44. The Balaban J connectivity index is 1.58. The molecule has 1 aromatic carbocycles. The molecule has 2 aromatic rings. The molecule has 0 bridgehead atoms. The Kier molecular flexibility index (Phi) is 6.82. The normalized spacial score (nSPS) is 10.2. The molecular weight excluding hydrogens is 328 g/mol. The van der Waals surface area contributed by atoms with Gasteiger partial charge in [-0.25, -0.2) is 4.79 Å². The maximum absolute atomic E-state index is 11.6. The van der Waals surface area contributed by atoms with Gasteiger partial charge < -0.3 is 24.1 Å². The number of aromatic nitrogens is 1. The van der Waals surface area contributed by atoms with Crippen LogP contribution in [0, 0.1) is 6.92 Å². The predicted octanol–water partition coefficient (Wildman–Crippen LogP) is 1.27. The first-order valence-corrected chi connectivity index (χ1v) is 7.68. The Bertz CT molecular complexity index is 695. The van der Waals surface area contributed by atoms with E-state index in [9.17, 15) is 9.59 Å². The highest BCUT2D eigenvalue weighted by Gasteiger charge is 2.10. The number of esters is 1. The second-order valence-electron chi connectivity index (χ2n) is 5.17. The molecule has 8 heteroatoms. The Labute approximate surface area is 145 Å². The number of rotatable bonds is 9. The van der Waals surface area contributed by atoms with Crippen molar-refractivity contribution in [2.24, 2.45) is 0 Å². The molecule has 0 spiro atoms. The van der Waals surface area contributed by atoms with Gasteiger partial charge in [0.2, 0.25) is 0 Å². The second kappa shape index (κ2) is 9.31. The van der Waals surface area contributed by atoms with Gasteiger partial charge in [0.05, 0.1) is 7.11 Å². The van der Waals surface area contributed by atoms with E-state index in [2.05, 4.69) is 10.5 Å². The van der Waals surface area contributed by atoms with Gasteiger partial charge in [0.25, 0.3) is 11.8 Å². The van der Waals surface area contributed by atoms with Gasteiger partial charge in [0.15, 0.2) is 13.2 Å². The first kappa shape index (κ1) is 18.3. The number of carbonyl (C=O) groups excluding carboxylic acids is 2. The molecule has 0 saturated heterocycles. The summed E-state index contributed by atoms with van der Waals surface area (Å²) in [5.74, 6) is 0.505. The van der Waals surface area contributed by atoms with E-state index in [4.69, 9.17) is 18.7 Å². The number of ether oxygens (including phenoxy) is 3. The summed E-state index contributed by atoms with van der Waals surface area (Å²) in [6, 6.07) is 9.10. The van der Waals surface area contributed by atoms with Crippen LogP contribution in [0.2, 0.25) is 0 Å². The minimum Gasteiger partial charge on any atom is -0.497 e. The molecule has 25 heavy (non-hydrogen) atoms. The number of hydrogen-bond acceptors (Lipinski definition) is 7. The third-order valence-electron chi connectivity index (χ3n) is 3.20. The highest BCUT2D eigenvalue weighted by Crippen LogP contribution is 2.11. The SMILES string of the molecule is COc1ccc(CCNC(=O)COC(=O)COc2cc(C)on2)cc1. The van der Waals surface area contributed by atoms with Gasteiger partial charge in [-0.2, -0.15) is 0 Å². The van der Waals surface area contributed by atoms with Crippen molar-refractivity contribution in [2.45, 2.75) is 13.3 Å². The van der Waals surface area contributed by atoms with E-state index in [-0.39, 0.29) is 25.0 Å². The lowest BCUT2D eigenvalue weighted by Crippen LogP contribution is -2.31. The van der Waals surface area contributed by atoms with Crippen LogP contribution in [0.4, 0.5) is 0 Å². The van der Waals surface area contributed by atoms with E-state index < -0.39 is 5.97 Å². The maximum atomic E-state index is 11.6. The molecule has 1 heterocycles. The van der Waals surface area contributed by atoms with E-state index in [1.54, 1.807) is 20.1 Å². The van der Waals surface area contributed by atoms with Crippen molar-refractivity contribution in [1.29, 1.82) is 0 Å². The zero-order chi connectivity index (χ0) is 18.1. The monoisotopic (exact) mass is 348 g/mol. The molecule has 0 fully saturated rings. The standard InChI is InChI=1S/C17H20N2O6/c1-12-9-16(19-25-12)23-11-17(21)24-10-15(20)18-8-7-13-3-5-14(22-2)6-4-13/h3-6,9H,7-8,10-11H2,1-2H3,(H,18,20). The molecule has 0 aliphatic carbocycles. The number of hydrogen-bond donors (Lipinski definition) is 1. The van der Waals surface area contributed by atoms with Crippen LogP contribution in [0.15, 0.2) is 34.9 Å². The lowest BCUT2D eigenvalue weighted by Gasteiger charge is -2.07. The fourth-order valence-electron chi connectivity index (χ4n) is 1.92. The van der Waals surface area contributed by atoms with Gasteiger partial charge in [0, 0.05) is 12.6 Å². The van der Waals surface area contributed by atoms with Crippen LogP contribution in [-0.4, -0.2) is 43.9 Å². The number of carbonyl (C=O) groups is 2. The van der Waals surface area contributed by atoms with Crippen molar-refractivity contribution in [3.63, 3.8) is 0 Å². The summed E-state index contributed by atoms with van der Waals surface area (Å²) in [4.78, 5) is 23.1. The summed E-state index contributed by atoms with van der Waals surface area (Å²) in [5.41, 5.74) is 1.06. The van der Waals surface area contributed by atoms with Gasteiger partial charge in [-0.05, 0) is 36.2 Å². The van der Waals surface area contributed by atoms with Crippen molar-refractivity contribution >= 4 is 11.9 Å². The number of aryl methyl sites for hydroxylation is 1. The van der Waals surface area contributed by atoms with E-state index >= 15 is 0 Å². The molecule has 1 aromatic heterocycles. The van der Waals surface area contributed by atoms with Crippen molar-refractivity contribution < 1.29 is 28.3 Å². The second-order valence-corrected chi connectivity index (χ2v) is 5.17. The molecule has 8 nitrogen and oxygen atoms in total. The van der Waals surface area contributed by atoms with Gasteiger partial charge >= 0.3 is 5.97 Å². The third kappa shape index (κ3) is 6.54. The van der Waals surface area contributed by atoms with Crippen LogP contribution >= 0.6 is 0 Å². The van der Waals surface area contributed by atoms with Crippen molar-refractivity contribution in [1.82, 2.24) is 10.5 Å². The van der Waals surface area contributed by atoms with Crippen LogP contribution in [-0.2, 0) is 20.7 Å². The molecule has 0 unspecified atom stereocenters. The zero-order valence-electron chi connectivity index (χ0n) is 14.1. The van der Waals surface area contributed by atoms with Crippen molar-refractivity contribution in [3.8, 4) is 11.6 Å². The van der Waals surface area contributed by atoms with Crippen LogP contribution in [0.1, 0.15) is 11.3 Å². The lowest BCUT2D eigenvalue weighted by molar-refractivity contribution is -0.150. The minimum atomic E-state index is -0.661. The molecule has 1 amide bonds. The van der Waals surface area contributed by atoms with Gasteiger partial charge in [0.1, 0.15) is 11.5 Å². The first-order chi connectivity index (χ1) is 12.1. The largest absolute Gasteiger partial charge is 0.497 e. The molecule has 2 rings (SSSR count). The summed E-state index contributed by atoms with van der Waals surface area (Å²) in [5, 5.41) is 6.25. The molecule has 0 saturated carbocycles. The van der Waals surface area contributed by atoms with Crippen molar-refractivity contribution in [2.75, 3.05) is 26.9 Å². The summed E-state index contributed by atoms with van der Waals surface area (Å²) < 4.78 is 19.7. The predicted molar refractivity (Wildman–Crippen MR) is 87.4 cm³/mol. The highest BCUT2D eigenvalue weighted by molar-refractivity contribution is 5.80. The summed E-state index contributed by atoms with van der Waals surface area (Å²) in [6.07, 6.45) is 0.665. The number of nitrogens with zero attached hydrogens (tertiary/aromatic N) is 1. The van der Waals surface area contributed by atoms with Crippen LogP contribution in [0.3, 0.4) is 0 Å². The number of amides is 1. The fraction of sp³-hybridized carbons (Fsp3) is 0.353. The average molecular weight is 348 g/mol. The third-order valence-corrected chi connectivity index (χ3v) is 3.20. The van der Waals surface area contributed by atoms with Crippen LogP contribution in [0.5, 0.6) is 11.6 Å². The zero-order valence-corrected chi connectivity index (χ0v) is 14.1. The Hall–Kier alpha value is -3.03. The van der Waals surface area contributed by atoms with Gasteiger partial charge in [-0.15, -0.1) is 0 Å². The van der Waals surface area contributed by atoms with E-state index in [0.29, 0.717) is 18.7 Å². The van der Waals surface area contributed by atoms with Crippen LogP contribution < -0.4 is 14.8 Å². The number of methoxy groups -OCH3 is 1. The smallest absolute Gasteiger partial charge is 0.344 e. The summed E-state index contributed by atoms with van der Waals surface area (Å²) in [7, 11) is 1.61. The fourth-order valence-corrected chi connectivity index (χ4v) is 1.92. The minimum absolute atomic E-state index is 0.193. The maximum Gasteiger partial charge on any atom is 0.344 e. The Morgan fingerprint density at radius 1 is 1.20 bits per heavy atom. The quantitative estimate of drug-likeness (QED) is 0.681. The molecule has 0 aliphatic rings. The molecule has 0 aliphatic heterocycles. The first-order valence-electron chi connectivity index (χ1n) is 7.68. The summed E-state index contributed by atoms with van der Waals surface area (Å²) >= 11 is 0. The van der Waals surface area contributed by atoms with Crippen molar-refractivity contribution in [3.05, 3.63) is 41.7 Å². The molecule has 1 N–H and O–H groups in total. The van der Waals surface area contributed by atoms with Crippen LogP contribution in [0.25, 0.3) is 0 Å². The molecular formula is C17H20N2O6. The number of benzene rings is 1. The highest BCUT2D eigenvalue weighted by atomic mass is 16.6.